The first-order chi connectivity index (χ1) is 10.2. The van der Waals surface area contributed by atoms with E-state index < -0.39 is 0 Å². The lowest BCUT2D eigenvalue weighted by atomic mass is 9.77. The highest BCUT2D eigenvalue weighted by Gasteiger charge is 2.44. The van der Waals surface area contributed by atoms with Gasteiger partial charge in [-0.1, -0.05) is 6.42 Å². The maximum Gasteiger partial charge on any atom is 0.225 e. The number of amides is 1. The summed E-state index contributed by atoms with van der Waals surface area (Å²) in [5.74, 6) is 0.693. The number of Topliss-reactive ketones (excluding diaryl/α,β-unsaturated/α-hetero) is 1. The van der Waals surface area contributed by atoms with E-state index in [-0.39, 0.29) is 23.5 Å². The quantitative estimate of drug-likeness (QED) is 0.800. The molecule has 21 heavy (non-hydrogen) atoms. The number of likely N-dealkylation sites (tertiary alicyclic amines) is 1. The predicted molar refractivity (Wildman–Crippen MR) is 79.9 cm³/mol. The molecular weight excluding hydrogens is 266 g/mol. The fourth-order valence-electron chi connectivity index (χ4n) is 4.34. The molecular formula is C17H27NO3. The van der Waals surface area contributed by atoms with Crippen LogP contribution < -0.4 is 0 Å². The van der Waals surface area contributed by atoms with Gasteiger partial charge in [0.25, 0.3) is 0 Å². The van der Waals surface area contributed by atoms with Gasteiger partial charge in [0.05, 0.1) is 12.0 Å². The summed E-state index contributed by atoms with van der Waals surface area (Å²) in [7, 11) is 1.72. The standard InChI is InChI=1S/C17H27NO3/c1-21-17(9-5-10-17)12-16(20)18-11-4-7-14(18)13-6-2-3-8-15(13)19/h13-14H,2-12H2,1H3. The average molecular weight is 293 g/mol. The van der Waals surface area contributed by atoms with E-state index in [0.717, 1.165) is 57.9 Å². The van der Waals surface area contributed by atoms with Crippen LogP contribution >= 0.6 is 0 Å². The van der Waals surface area contributed by atoms with Gasteiger partial charge in [-0.3, -0.25) is 9.59 Å². The molecule has 3 rings (SSSR count). The van der Waals surface area contributed by atoms with Gasteiger partial charge in [0.2, 0.25) is 5.91 Å². The number of ketones is 1. The smallest absolute Gasteiger partial charge is 0.225 e. The first kappa shape index (κ1) is 15.0. The number of hydrogen-bond donors (Lipinski definition) is 0. The Bertz CT molecular complexity index is 411. The first-order valence-corrected chi connectivity index (χ1v) is 8.52. The number of methoxy groups -OCH3 is 1. The molecule has 4 nitrogen and oxygen atoms in total. The van der Waals surface area contributed by atoms with Crippen molar-refractivity contribution >= 4 is 11.7 Å². The summed E-state index contributed by atoms with van der Waals surface area (Å²) in [5, 5.41) is 0. The number of nitrogens with zero attached hydrogens (tertiary/aromatic N) is 1. The second-order valence-corrected chi connectivity index (χ2v) is 7.03. The molecule has 3 fully saturated rings. The molecule has 1 heterocycles. The van der Waals surface area contributed by atoms with Crippen molar-refractivity contribution in [1.82, 2.24) is 4.90 Å². The third kappa shape index (κ3) is 2.87. The Morgan fingerprint density at radius 1 is 1.24 bits per heavy atom. The Labute approximate surface area is 127 Å². The van der Waals surface area contributed by atoms with Crippen molar-refractivity contribution in [3.63, 3.8) is 0 Å². The zero-order valence-electron chi connectivity index (χ0n) is 13.1. The maximum atomic E-state index is 12.7. The summed E-state index contributed by atoms with van der Waals surface area (Å²) in [4.78, 5) is 26.9. The highest BCUT2D eigenvalue weighted by atomic mass is 16.5. The van der Waals surface area contributed by atoms with Gasteiger partial charge >= 0.3 is 0 Å². The van der Waals surface area contributed by atoms with Gasteiger partial charge in [-0.15, -0.1) is 0 Å². The van der Waals surface area contributed by atoms with E-state index in [1.165, 1.54) is 0 Å². The van der Waals surface area contributed by atoms with Crippen LogP contribution in [0.2, 0.25) is 0 Å². The van der Waals surface area contributed by atoms with Gasteiger partial charge in [0.1, 0.15) is 5.78 Å². The van der Waals surface area contributed by atoms with Crippen molar-refractivity contribution in [2.45, 2.75) is 75.9 Å². The second-order valence-electron chi connectivity index (χ2n) is 7.03. The molecule has 1 aliphatic heterocycles. The average Bonchev–Trinajstić information content (AvgIpc) is 2.92. The third-order valence-corrected chi connectivity index (χ3v) is 5.86. The van der Waals surface area contributed by atoms with E-state index in [4.69, 9.17) is 4.74 Å². The van der Waals surface area contributed by atoms with Crippen molar-refractivity contribution < 1.29 is 14.3 Å². The minimum atomic E-state index is -0.208. The van der Waals surface area contributed by atoms with E-state index in [0.29, 0.717) is 18.6 Å². The van der Waals surface area contributed by atoms with Crippen LogP contribution in [0, 0.1) is 5.92 Å². The topological polar surface area (TPSA) is 46.6 Å². The Balaban J connectivity index is 1.65. The summed E-state index contributed by atoms with van der Waals surface area (Å²) >= 11 is 0. The van der Waals surface area contributed by atoms with Crippen molar-refractivity contribution in [2.75, 3.05) is 13.7 Å². The Kier molecular flexibility index (Phi) is 4.34. The molecule has 1 saturated heterocycles. The monoisotopic (exact) mass is 293 g/mol. The van der Waals surface area contributed by atoms with Crippen molar-refractivity contribution in [3.05, 3.63) is 0 Å². The number of carbonyl (C=O) groups is 2. The zero-order valence-corrected chi connectivity index (χ0v) is 13.1. The molecule has 2 aliphatic carbocycles. The van der Waals surface area contributed by atoms with Crippen LogP contribution in [0.25, 0.3) is 0 Å². The molecule has 118 valence electrons. The normalized spacial score (nSPS) is 32.0. The van der Waals surface area contributed by atoms with E-state index in [9.17, 15) is 9.59 Å². The van der Waals surface area contributed by atoms with Gasteiger partial charge < -0.3 is 9.64 Å². The predicted octanol–water partition coefficient (Wildman–Crippen LogP) is 2.70. The van der Waals surface area contributed by atoms with Gasteiger partial charge in [-0.2, -0.15) is 0 Å². The van der Waals surface area contributed by atoms with Crippen LogP contribution in [0.1, 0.15) is 64.2 Å². The molecule has 0 radical (unpaired) electrons. The molecule has 0 aromatic rings. The molecule has 0 aromatic carbocycles. The number of carbonyl (C=O) groups excluding carboxylic acids is 2. The van der Waals surface area contributed by atoms with Crippen molar-refractivity contribution in [3.8, 4) is 0 Å². The SMILES string of the molecule is COC1(CC(=O)N2CCCC2C2CCCCC2=O)CCC1. The molecule has 3 aliphatic rings. The number of rotatable bonds is 4. The van der Waals surface area contributed by atoms with Gasteiger partial charge in [0.15, 0.2) is 0 Å². The number of hydrogen-bond acceptors (Lipinski definition) is 3. The second kappa shape index (κ2) is 6.07. The van der Waals surface area contributed by atoms with Crippen LogP contribution in [0.15, 0.2) is 0 Å². The van der Waals surface area contributed by atoms with Crippen LogP contribution in [0.5, 0.6) is 0 Å². The Morgan fingerprint density at radius 2 is 2.05 bits per heavy atom. The number of ether oxygens (including phenoxy) is 1. The lowest BCUT2D eigenvalue weighted by molar-refractivity contribution is -0.146. The molecule has 4 heteroatoms. The fraction of sp³-hybridized carbons (Fsp3) is 0.882. The van der Waals surface area contributed by atoms with Crippen LogP contribution in [-0.2, 0) is 14.3 Å². The lowest BCUT2D eigenvalue weighted by Crippen LogP contribution is -2.49. The van der Waals surface area contributed by atoms with Gasteiger partial charge in [0, 0.05) is 32.0 Å². The van der Waals surface area contributed by atoms with Crippen LogP contribution in [0.4, 0.5) is 0 Å². The Hall–Kier alpha value is -0.900. The highest BCUT2D eigenvalue weighted by Crippen LogP contribution is 2.40. The molecule has 0 aromatic heterocycles. The largest absolute Gasteiger partial charge is 0.378 e. The molecule has 2 saturated carbocycles. The highest BCUT2D eigenvalue weighted by molar-refractivity contribution is 5.84. The molecule has 0 bridgehead atoms. The molecule has 2 unspecified atom stereocenters. The maximum absolute atomic E-state index is 12.7. The summed E-state index contributed by atoms with van der Waals surface area (Å²) in [6, 6.07) is 0.166. The molecule has 0 N–H and O–H groups in total. The summed E-state index contributed by atoms with van der Waals surface area (Å²) in [5.41, 5.74) is -0.208. The van der Waals surface area contributed by atoms with Crippen LogP contribution in [0.3, 0.4) is 0 Å². The van der Waals surface area contributed by atoms with Crippen LogP contribution in [-0.4, -0.2) is 41.9 Å². The minimum Gasteiger partial charge on any atom is -0.378 e. The summed E-state index contributed by atoms with van der Waals surface area (Å²) in [6.45, 7) is 0.826. The van der Waals surface area contributed by atoms with E-state index in [2.05, 4.69) is 0 Å². The minimum absolute atomic E-state index is 0.102. The van der Waals surface area contributed by atoms with Crippen molar-refractivity contribution in [1.29, 1.82) is 0 Å². The fourth-order valence-corrected chi connectivity index (χ4v) is 4.34. The van der Waals surface area contributed by atoms with E-state index >= 15 is 0 Å². The zero-order chi connectivity index (χ0) is 14.9. The van der Waals surface area contributed by atoms with Gasteiger partial charge in [-0.25, -0.2) is 0 Å². The van der Waals surface area contributed by atoms with Gasteiger partial charge in [-0.05, 0) is 44.9 Å². The van der Waals surface area contributed by atoms with E-state index in [1.807, 2.05) is 4.90 Å². The lowest BCUT2D eigenvalue weighted by Gasteiger charge is -2.42. The summed E-state index contributed by atoms with van der Waals surface area (Å²) in [6.07, 6.45) is 9.55. The molecule has 2 atom stereocenters. The molecule has 0 spiro atoms. The first-order valence-electron chi connectivity index (χ1n) is 8.52. The summed E-state index contributed by atoms with van der Waals surface area (Å²) < 4.78 is 5.59. The third-order valence-electron chi connectivity index (χ3n) is 5.86. The molecule has 1 amide bonds. The Morgan fingerprint density at radius 3 is 2.67 bits per heavy atom. The van der Waals surface area contributed by atoms with E-state index in [1.54, 1.807) is 7.11 Å². The van der Waals surface area contributed by atoms with Crippen molar-refractivity contribution in [2.24, 2.45) is 5.92 Å².